The van der Waals surface area contributed by atoms with Crippen LogP contribution >= 0.6 is 11.6 Å². The monoisotopic (exact) mass is 390 g/mol. The molecule has 2 heterocycles. The number of ether oxygens (including phenoxy) is 1. The van der Waals surface area contributed by atoms with Gasteiger partial charge < -0.3 is 14.5 Å². The number of nitrogens with zero attached hydrogens (tertiary/aromatic N) is 3. The Bertz CT molecular complexity index is 717. The fraction of sp³-hybridized carbons (Fsp3) is 0.500. The maximum atomic E-state index is 12.2. The number of sulfonamides is 1. The molecular weight excluding hydrogens is 372 g/mol. The first-order valence-electron chi connectivity index (χ1n) is 7.64. The number of halogens is 1. The van der Waals surface area contributed by atoms with Gasteiger partial charge in [-0.25, -0.2) is 22.9 Å². The summed E-state index contributed by atoms with van der Waals surface area (Å²) in [6.07, 6.45) is 0.707. The van der Waals surface area contributed by atoms with Gasteiger partial charge in [0.05, 0.1) is 13.2 Å². The number of piperazine rings is 1. The zero-order valence-corrected chi connectivity index (χ0v) is 15.2. The minimum atomic E-state index is -3.85. The number of nitrogens with one attached hydrogen (secondary N) is 1. The highest BCUT2D eigenvalue weighted by Crippen LogP contribution is 2.10. The van der Waals surface area contributed by atoms with Crippen molar-refractivity contribution in [1.82, 2.24) is 19.5 Å². The van der Waals surface area contributed by atoms with Gasteiger partial charge in [0.2, 0.25) is 15.9 Å². The summed E-state index contributed by atoms with van der Waals surface area (Å²) >= 11 is 5.62. The number of aromatic nitrogens is 1. The molecule has 1 aliphatic heterocycles. The first-order chi connectivity index (χ1) is 11.8. The van der Waals surface area contributed by atoms with Crippen molar-refractivity contribution in [2.75, 3.05) is 39.3 Å². The Hall–Kier alpha value is -1.91. The normalized spacial score (nSPS) is 15.1. The zero-order valence-electron chi connectivity index (χ0n) is 13.6. The number of hydrogen-bond acceptors (Lipinski definition) is 6. The van der Waals surface area contributed by atoms with Gasteiger partial charge in [-0.15, -0.1) is 0 Å². The van der Waals surface area contributed by atoms with Crippen LogP contribution in [0.5, 0.6) is 0 Å². The van der Waals surface area contributed by atoms with Crippen LogP contribution in [0.25, 0.3) is 0 Å². The quantitative estimate of drug-likeness (QED) is 0.725. The maximum absolute atomic E-state index is 12.2. The van der Waals surface area contributed by atoms with Crippen LogP contribution in [-0.2, 0) is 19.6 Å². The number of amides is 2. The summed E-state index contributed by atoms with van der Waals surface area (Å²) in [5.74, 6) is -0.367. The van der Waals surface area contributed by atoms with Crippen LogP contribution in [0.15, 0.2) is 23.2 Å². The number of carbonyl (C=O) groups excluding carboxylic acids is 2. The predicted molar refractivity (Wildman–Crippen MR) is 89.6 cm³/mol. The summed E-state index contributed by atoms with van der Waals surface area (Å²) < 4.78 is 31.4. The SMILES string of the molecule is CCOC(=O)N1CCN(C(=O)CNS(=O)(=O)c2ccc(Cl)nc2)CC1. The molecule has 1 aromatic heterocycles. The van der Waals surface area contributed by atoms with Crippen molar-refractivity contribution < 1.29 is 22.7 Å². The molecule has 11 heteroatoms. The van der Waals surface area contributed by atoms with Crippen LogP contribution in [0.4, 0.5) is 4.79 Å². The van der Waals surface area contributed by atoms with Crippen molar-refractivity contribution in [3.05, 3.63) is 23.5 Å². The predicted octanol–water partition coefficient (Wildman–Crippen LogP) is 0.314. The van der Waals surface area contributed by atoms with E-state index in [1.54, 1.807) is 6.92 Å². The first-order valence-corrected chi connectivity index (χ1v) is 9.50. The molecule has 0 saturated carbocycles. The van der Waals surface area contributed by atoms with E-state index in [0.717, 1.165) is 6.20 Å². The van der Waals surface area contributed by atoms with E-state index in [1.807, 2.05) is 0 Å². The molecule has 0 spiro atoms. The number of pyridine rings is 1. The first kappa shape index (κ1) is 19.4. The van der Waals surface area contributed by atoms with Gasteiger partial charge in [-0.3, -0.25) is 4.79 Å². The lowest BCUT2D eigenvalue weighted by Gasteiger charge is -2.34. The van der Waals surface area contributed by atoms with Gasteiger partial charge in [-0.2, -0.15) is 0 Å². The van der Waals surface area contributed by atoms with Crippen LogP contribution in [0, 0.1) is 0 Å². The summed E-state index contributed by atoms with van der Waals surface area (Å²) in [6, 6.07) is 2.66. The minimum Gasteiger partial charge on any atom is -0.450 e. The molecule has 138 valence electrons. The molecule has 2 amide bonds. The van der Waals surface area contributed by atoms with Crippen molar-refractivity contribution in [2.24, 2.45) is 0 Å². The second-order valence-corrected chi connectivity index (χ2v) is 7.36. The largest absolute Gasteiger partial charge is 0.450 e. The second-order valence-electron chi connectivity index (χ2n) is 5.21. The third-order valence-electron chi connectivity index (χ3n) is 3.58. The van der Waals surface area contributed by atoms with E-state index in [4.69, 9.17) is 16.3 Å². The van der Waals surface area contributed by atoms with Crippen LogP contribution in [0.1, 0.15) is 6.92 Å². The number of carbonyl (C=O) groups is 2. The standard InChI is InChI=1S/C14H19ClN4O5S/c1-2-24-14(21)19-7-5-18(6-8-19)13(20)10-17-25(22,23)11-3-4-12(15)16-9-11/h3-4,9,17H,2,5-8,10H2,1H3. The highest BCUT2D eigenvalue weighted by Gasteiger charge is 2.25. The summed E-state index contributed by atoms with van der Waals surface area (Å²) in [5.41, 5.74) is 0. The van der Waals surface area contributed by atoms with E-state index >= 15 is 0 Å². The minimum absolute atomic E-state index is 0.0724. The van der Waals surface area contributed by atoms with Crippen LogP contribution in [-0.4, -0.2) is 74.5 Å². The van der Waals surface area contributed by atoms with Gasteiger partial charge in [0.25, 0.3) is 0 Å². The summed E-state index contributed by atoms with van der Waals surface area (Å²) in [5, 5.41) is 0.175. The Labute approximate surface area is 150 Å². The molecule has 1 fully saturated rings. The van der Waals surface area contributed by atoms with E-state index in [2.05, 4.69) is 9.71 Å². The molecule has 1 aromatic rings. The van der Waals surface area contributed by atoms with Crippen molar-refractivity contribution in [2.45, 2.75) is 11.8 Å². The third kappa shape index (κ3) is 5.28. The van der Waals surface area contributed by atoms with Crippen LogP contribution in [0.2, 0.25) is 5.15 Å². The molecular formula is C14H19ClN4O5S. The zero-order chi connectivity index (χ0) is 18.4. The fourth-order valence-electron chi connectivity index (χ4n) is 2.23. The van der Waals surface area contributed by atoms with Crippen LogP contribution in [0.3, 0.4) is 0 Å². The summed E-state index contributed by atoms with van der Waals surface area (Å²) in [7, 11) is -3.85. The van der Waals surface area contributed by atoms with E-state index in [0.29, 0.717) is 32.8 Å². The molecule has 25 heavy (non-hydrogen) atoms. The van der Waals surface area contributed by atoms with Gasteiger partial charge in [-0.05, 0) is 19.1 Å². The molecule has 0 bridgehead atoms. The molecule has 2 rings (SSSR count). The molecule has 0 unspecified atom stereocenters. The molecule has 1 aliphatic rings. The molecule has 0 aromatic carbocycles. The van der Waals surface area contributed by atoms with E-state index < -0.39 is 16.1 Å². The van der Waals surface area contributed by atoms with Gasteiger partial charge >= 0.3 is 6.09 Å². The molecule has 9 nitrogen and oxygen atoms in total. The Morgan fingerprint density at radius 1 is 1.24 bits per heavy atom. The lowest BCUT2D eigenvalue weighted by molar-refractivity contribution is -0.131. The third-order valence-corrected chi connectivity index (χ3v) is 5.19. The summed E-state index contributed by atoms with van der Waals surface area (Å²) in [6.45, 7) is 2.98. The Kier molecular flexibility index (Phi) is 6.57. The van der Waals surface area contributed by atoms with E-state index in [9.17, 15) is 18.0 Å². The van der Waals surface area contributed by atoms with Gasteiger partial charge in [0.1, 0.15) is 10.0 Å². The number of rotatable bonds is 5. The summed E-state index contributed by atoms with van der Waals surface area (Å²) in [4.78, 5) is 30.4. The van der Waals surface area contributed by atoms with Gasteiger partial charge in [-0.1, -0.05) is 11.6 Å². The average molecular weight is 391 g/mol. The van der Waals surface area contributed by atoms with Crippen molar-refractivity contribution in [3.63, 3.8) is 0 Å². The van der Waals surface area contributed by atoms with E-state index in [1.165, 1.54) is 21.9 Å². The topological polar surface area (TPSA) is 109 Å². The Morgan fingerprint density at radius 3 is 2.44 bits per heavy atom. The van der Waals surface area contributed by atoms with E-state index in [-0.39, 0.29) is 22.5 Å². The van der Waals surface area contributed by atoms with Crippen molar-refractivity contribution in [1.29, 1.82) is 0 Å². The van der Waals surface area contributed by atoms with Crippen molar-refractivity contribution >= 4 is 33.6 Å². The number of hydrogen-bond donors (Lipinski definition) is 1. The Balaban J connectivity index is 1.85. The van der Waals surface area contributed by atoms with Gasteiger partial charge in [0, 0.05) is 32.4 Å². The molecule has 1 saturated heterocycles. The second kappa shape index (κ2) is 8.45. The van der Waals surface area contributed by atoms with Gasteiger partial charge in [0.15, 0.2) is 0 Å². The Morgan fingerprint density at radius 2 is 1.88 bits per heavy atom. The lowest BCUT2D eigenvalue weighted by Crippen LogP contribution is -2.52. The molecule has 0 radical (unpaired) electrons. The average Bonchev–Trinajstić information content (AvgIpc) is 2.60. The van der Waals surface area contributed by atoms with Crippen LogP contribution < -0.4 is 4.72 Å². The highest BCUT2D eigenvalue weighted by atomic mass is 35.5. The highest BCUT2D eigenvalue weighted by molar-refractivity contribution is 7.89. The molecule has 1 N–H and O–H groups in total. The molecule has 0 atom stereocenters. The fourth-order valence-corrected chi connectivity index (χ4v) is 3.26. The van der Waals surface area contributed by atoms with Crippen molar-refractivity contribution in [3.8, 4) is 0 Å². The smallest absolute Gasteiger partial charge is 0.409 e. The maximum Gasteiger partial charge on any atom is 0.409 e. The molecule has 0 aliphatic carbocycles. The lowest BCUT2D eigenvalue weighted by atomic mass is 10.3.